The minimum Gasteiger partial charge on any atom is -0.486 e. The number of ketones is 1. The molecule has 3 fully saturated rings. The summed E-state index contributed by atoms with van der Waals surface area (Å²) in [5.41, 5.74) is 0.0921. The van der Waals surface area contributed by atoms with Crippen molar-refractivity contribution in [2.24, 2.45) is 17.8 Å². The van der Waals surface area contributed by atoms with Crippen molar-refractivity contribution in [3.05, 3.63) is 28.8 Å². The van der Waals surface area contributed by atoms with Crippen LogP contribution in [0.2, 0.25) is 5.02 Å². The van der Waals surface area contributed by atoms with E-state index in [-0.39, 0.29) is 23.5 Å². The Morgan fingerprint density at radius 3 is 2.84 bits per heavy atom. The molecule has 0 unspecified atom stereocenters. The smallest absolute Gasteiger partial charge is 0.224 e. The second kappa shape index (κ2) is 5.47. The highest BCUT2D eigenvalue weighted by molar-refractivity contribution is 6.31. The monoisotopic (exact) mass is 359 g/mol. The highest BCUT2D eigenvalue weighted by Crippen LogP contribution is 2.65. The summed E-state index contributed by atoms with van der Waals surface area (Å²) in [5.74, 6) is 1.48. The highest BCUT2D eigenvalue weighted by atomic mass is 35.5. The first-order chi connectivity index (χ1) is 12.1. The largest absolute Gasteiger partial charge is 0.486 e. The van der Waals surface area contributed by atoms with Crippen LogP contribution in [0.25, 0.3) is 0 Å². The van der Waals surface area contributed by atoms with Gasteiger partial charge in [0.2, 0.25) is 5.91 Å². The zero-order chi connectivity index (χ0) is 17.2. The van der Waals surface area contributed by atoms with Crippen molar-refractivity contribution in [2.45, 2.75) is 56.6 Å². The van der Waals surface area contributed by atoms with Crippen LogP contribution in [0.1, 0.15) is 55.3 Å². The van der Waals surface area contributed by atoms with Crippen LogP contribution in [0.3, 0.4) is 0 Å². The van der Waals surface area contributed by atoms with Crippen molar-refractivity contribution >= 4 is 23.3 Å². The maximum absolute atomic E-state index is 12.7. The molecule has 3 aliphatic carbocycles. The van der Waals surface area contributed by atoms with Crippen molar-refractivity contribution in [3.63, 3.8) is 0 Å². The molecule has 132 valence electrons. The van der Waals surface area contributed by atoms with Crippen LogP contribution in [-0.2, 0) is 4.79 Å². The van der Waals surface area contributed by atoms with Gasteiger partial charge in [0, 0.05) is 22.9 Å². The van der Waals surface area contributed by atoms with Gasteiger partial charge >= 0.3 is 0 Å². The summed E-state index contributed by atoms with van der Waals surface area (Å²) in [6.45, 7) is 0. The molecule has 25 heavy (non-hydrogen) atoms. The molecular weight excluding hydrogens is 338 g/mol. The maximum Gasteiger partial charge on any atom is 0.224 e. The van der Waals surface area contributed by atoms with Crippen LogP contribution in [0.4, 0.5) is 0 Å². The van der Waals surface area contributed by atoms with E-state index in [0.717, 1.165) is 25.7 Å². The van der Waals surface area contributed by atoms with Gasteiger partial charge in [-0.15, -0.1) is 0 Å². The summed E-state index contributed by atoms with van der Waals surface area (Å²) in [6.07, 6.45) is 6.83. The molecule has 1 N–H and O–H groups in total. The van der Waals surface area contributed by atoms with E-state index >= 15 is 0 Å². The third kappa shape index (κ3) is 2.41. The first kappa shape index (κ1) is 15.7. The molecule has 3 saturated carbocycles. The Hall–Kier alpha value is -1.55. The van der Waals surface area contributed by atoms with Gasteiger partial charge in [0.25, 0.3) is 0 Å². The van der Waals surface area contributed by atoms with E-state index in [9.17, 15) is 9.59 Å². The third-order valence-corrected chi connectivity index (χ3v) is 6.93. The number of carbonyl (C=O) groups is 2. The molecule has 5 heteroatoms. The number of carbonyl (C=O) groups excluding carboxylic acids is 2. The van der Waals surface area contributed by atoms with E-state index in [1.54, 1.807) is 18.2 Å². The number of Topliss-reactive ketones (excluding diaryl/α,β-unsaturated/α-hetero) is 1. The number of hydrogen-bond acceptors (Lipinski definition) is 3. The van der Waals surface area contributed by atoms with Crippen molar-refractivity contribution in [2.75, 3.05) is 0 Å². The summed E-state index contributed by atoms with van der Waals surface area (Å²) in [5, 5.41) is 3.78. The maximum atomic E-state index is 12.7. The fraction of sp³-hybridized carbons (Fsp3) is 0.600. The van der Waals surface area contributed by atoms with E-state index in [2.05, 4.69) is 5.32 Å². The minimum absolute atomic E-state index is 0.0241. The number of benzene rings is 1. The summed E-state index contributed by atoms with van der Waals surface area (Å²) in [7, 11) is 0. The molecule has 0 radical (unpaired) electrons. The molecule has 0 saturated heterocycles. The van der Waals surface area contributed by atoms with Gasteiger partial charge in [-0.3, -0.25) is 9.59 Å². The van der Waals surface area contributed by atoms with Crippen molar-refractivity contribution < 1.29 is 14.3 Å². The van der Waals surface area contributed by atoms with Crippen molar-refractivity contribution in [3.8, 4) is 5.75 Å². The number of rotatable bonds is 2. The molecule has 4 aliphatic rings. The molecule has 1 amide bonds. The lowest BCUT2D eigenvalue weighted by Gasteiger charge is -2.37. The fourth-order valence-corrected chi connectivity index (χ4v) is 5.68. The highest BCUT2D eigenvalue weighted by Gasteiger charge is 2.70. The van der Waals surface area contributed by atoms with E-state index in [4.69, 9.17) is 16.3 Å². The lowest BCUT2D eigenvalue weighted by molar-refractivity contribution is -0.124. The topological polar surface area (TPSA) is 55.4 Å². The summed E-state index contributed by atoms with van der Waals surface area (Å²) in [6, 6.07) is 5.59. The number of ether oxygens (including phenoxy) is 1. The zero-order valence-electron chi connectivity index (χ0n) is 14.1. The zero-order valence-corrected chi connectivity index (χ0v) is 14.8. The van der Waals surface area contributed by atoms with E-state index in [0.29, 0.717) is 34.7 Å². The molecule has 1 aliphatic heterocycles. The summed E-state index contributed by atoms with van der Waals surface area (Å²) >= 11 is 6.02. The SMILES string of the molecule is O=C1C[C@]2(CC[C@H]3[C@@H](C(=O)NC4CCCC4)[C@@H]32)Oc2ccc(Cl)cc21. The lowest BCUT2D eigenvalue weighted by atomic mass is 9.84. The minimum atomic E-state index is -0.486. The van der Waals surface area contributed by atoms with Gasteiger partial charge in [-0.2, -0.15) is 0 Å². The van der Waals surface area contributed by atoms with Crippen LogP contribution in [0.5, 0.6) is 5.75 Å². The van der Waals surface area contributed by atoms with Gasteiger partial charge in [-0.25, -0.2) is 0 Å². The number of halogens is 1. The van der Waals surface area contributed by atoms with Gasteiger partial charge in [-0.1, -0.05) is 24.4 Å². The molecule has 1 spiro atoms. The predicted octanol–water partition coefficient (Wildman–Crippen LogP) is 3.76. The van der Waals surface area contributed by atoms with Crippen LogP contribution >= 0.6 is 11.6 Å². The van der Waals surface area contributed by atoms with Crippen molar-refractivity contribution in [1.82, 2.24) is 5.32 Å². The van der Waals surface area contributed by atoms with Crippen LogP contribution in [0.15, 0.2) is 18.2 Å². The molecule has 1 aromatic carbocycles. The molecule has 5 rings (SSSR count). The lowest BCUT2D eigenvalue weighted by Crippen LogP contribution is -2.45. The van der Waals surface area contributed by atoms with E-state index in [1.807, 2.05) is 0 Å². The quantitative estimate of drug-likeness (QED) is 0.874. The normalized spacial score (nSPS) is 36.0. The average Bonchev–Trinajstić information content (AvgIpc) is 2.91. The Kier molecular flexibility index (Phi) is 3.43. The molecule has 4 atom stereocenters. The standard InChI is InChI=1S/C20H22ClNO3/c21-11-5-6-16-14(9-11)15(23)10-20(25-16)8-7-13-17(18(13)20)19(24)22-12-3-1-2-4-12/h5-6,9,12-13,17-18H,1-4,7-8,10H2,(H,22,24)/t13-,17+,18+,20-/m0/s1. The first-order valence-corrected chi connectivity index (χ1v) is 9.77. The summed E-state index contributed by atoms with van der Waals surface area (Å²) in [4.78, 5) is 25.4. The first-order valence-electron chi connectivity index (χ1n) is 9.39. The van der Waals surface area contributed by atoms with Crippen LogP contribution in [-0.4, -0.2) is 23.3 Å². The Morgan fingerprint density at radius 2 is 2.04 bits per heavy atom. The number of amides is 1. The third-order valence-electron chi connectivity index (χ3n) is 6.70. The number of fused-ring (bicyclic) bond motifs is 3. The van der Waals surface area contributed by atoms with Crippen molar-refractivity contribution in [1.29, 1.82) is 0 Å². The van der Waals surface area contributed by atoms with Gasteiger partial charge in [0.1, 0.15) is 11.4 Å². The van der Waals surface area contributed by atoms with Gasteiger partial charge < -0.3 is 10.1 Å². The molecular formula is C20H22ClNO3. The average molecular weight is 360 g/mol. The molecule has 1 heterocycles. The summed E-state index contributed by atoms with van der Waals surface area (Å²) < 4.78 is 6.35. The predicted molar refractivity (Wildman–Crippen MR) is 93.9 cm³/mol. The van der Waals surface area contributed by atoms with Gasteiger partial charge in [-0.05, 0) is 49.8 Å². The Labute approximate surface area is 152 Å². The Morgan fingerprint density at radius 1 is 1.24 bits per heavy atom. The Bertz CT molecular complexity index is 757. The second-order valence-electron chi connectivity index (χ2n) is 8.15. The van der Waals surface area contributed by atoms with Crippen LogP contribution < -0.4 is 10.1 Å². The molecule has 1 aromatic rings. The van der Waals surface area contributed by atoms with E-state index < -0.39 is 5.60 Å². The second-order valence-corrected chi connectivity index (χ2v) is 8.59. The number of hydrogen-bond donors (Lipinski definition) is 1. The fourth-order valence-electron chi connectivity index (χ4n) is 5.51. The van der Waals surface area contributed by atoms with E-state index in [1.165, 1.54) is 12.8 Å². The molecule has 0 aromatic heterocycles. The molecule has 0 bridgehead atoms. The van der Waals surface area contributed by atoms with Gasteiger partial charge in [0.05, 0.1) is 12.0 Å². The van der Waals surface area contributed by atoms with Gasteiger partial charge in [0.15, 0.2) is 5.78 Å². The van der Waals surface area contributed by atoms with Crippen LogP contribution in [0, 0.1) is 17.8 Å². The number of nitrogens with one attached hydrogen (secondary N) is 1. The Balaban J connectivity index is 1.36. The molecule has 4 nitrogen and oxygen atoms in total.